The summed E-state index contributed by atoms with van der Waals surface area (Å²) in [6.45, 7) is 2.11. The van der Waals surface area contributed by atoms with Gasteiger partial charge in [-0.1, -0.05) is 6.07 Å². The summed E-state index contributed by atoms with van der Waals surface area (Å²) in [4.78, 5) is 16.6. The van der Waals surface area contributed by atoms with Crippen molar-refractivity contribution in [2.75, 3.05) is 0 Å². The molecule has 5 heteroatoms. The summed E-state index contributed by atoms with van der Waals surface area (Å²) in [7, 11) is 0. The normalized spacial score (nSPS) is 13.1. The van der Waals surface area contributed by atoms with Crippen LogP contribution in [0.5, 0.6) is 0 Å². The second-order valence-corrected chi connectivity index (χ2v) is 7.75. The molecule has 6 rings (SSSR count). The number of aromatic amines is 2. The van der Waals surface area contributed by atoms with Crippen molar-refractivity contribution in [3.05, 3.63) is 102 Å². The van der Waals surface area contributed by atoms with E-state index in [-0.39, 0.29) is 0 Å². The summed E-state index contributed by atoms with van der Waals surface area (Å²) in [5.74, 6) is 0. The molecule has 148 valence electrons. The second-order valence-electron chi connectivity index (χ2n) is 7.75. The molecule has 31 heavy (non-hydrogen) atoms. The smallest absolute Gasteiger partial charge is 0.241 e. The molecular formula is C26H20N5+. The predicted octanol–water partition coefficient (Wildman–Crippen LogP) is 5.21. The SMILES string of the molecule is CC1=C([n+]2ccccc2)c2cc3ccc(cc4ccc(cc5nc(cc1n2)C=C5)[nH]4)[nH]3. The molecule has 8 bridgehead atoms. The third-order valence-electron chi connectivity index (χ3n) is 5.53. The Morgan fingerprint density at radius 2 is 1.26 bits per heavy atom. The monoisotopic (exact) mass is 402 g/mol. The predicted molar refractivity (Wildman–Crippen MR) is 124 cm³/mol. The van der Waals surface area contributed by atoms with Gasteiger partial charge in [0, 0.05) is 39.8 Å². The quantitative estimate of drug-likeness (QED) is 0.378. The first-order valence-corrected chi connectivity index (χ1v) is 10.3. The van der Waals surface area contributed by atoms with E-state index in [4.69, 9.17) is 9.97 Å². The summed E-state index contributed by atoms with van der Waals surface area (Å²) in [6.07, 6.45) is 8.17. The van der Waals surface area contributed by atoms with Crippen molar-refractivity contribution >= 4 is 45.5 Å². The Kier molecular flexibility index (Phi) is 3.93. The van der Waals surface area contributed by atoms with E-state index in [1.807, 2.05) is 30.4 Å². The lowest BCUT2D eigenvalue weighted by atomic mass is 10.1. The summed E-state index contributed by atoms with van der Waals surface area (Å²) >= 11 is 0. The lowest BCUT2D eigenvalue weighted by Gasteiger charge is -1.97. The molecular weight excluding hydrogens is 382 g/mol. The van der Waals surface area contributed by atoms with E-state index >= 15 is 0 Å². The van der Waals surface area contributed by atoms with Crippen molar-refractivity contribution in [3.8, 4) is 0 Å². The van der Waals surface area contributed by atoms with E-state index in [1.54, 1.807) is 0 Å². The molecule has 2 aliphatic heterocycles. The van der Waals surface area contributed by atoms with Gasteiger partial charge in [0.1, 0.15) is 5.69 Å². The Balaban J connectivity index is 1.69. The largest absolute Gasteiger partial charge is 0.355 e. The molecule has 0 fully saturated rings. The lowest BCUT2D eigenvalue weighted by molar-refractivity contribution is -0.578. The Hall–Kier alpha value is -4.25. The molecule has 0 radical (unpaired) electrons. The zero-order valence-corrected chi connectivity index (χ0v) is 17.0. The van der Waals surface area contributed by atoms with Crippen molar-refractivity contribution in [2.45, 2.75) is 6.92 Å². The first kappa shape index (κ1) is 17.6. The van der Waals surface area contributed by atoms with Crippen LogP contribution >= 0.6 is 0 Å². The van der Waals surface area contributed by atoms with E-state index < -0.39 is 0 Å². The minimum Gasteiger partial charge on any atom is -0.355 e. The number of hydrogen-bond acceptors (Lipinski definition) is 2. The number of H-pyrrole nitrogens is 2. The first-order valence-electron chi connectivity index (χ1n) is 10.3. The van der Waals surface area contributed by atoms with Crippen molar-refractivity contribution in [3.63, 3.8) is 0 Å². The van der Waals surface area contributed by atoms with Crippen molar-refractivity contribution in [1.82, 2.24) is 19.9 Å². The number of fused-ring (bicyclic) bond motifs is 8. The molecule has 0 aliphatic carbocycles. The van der Waals surface area contributed by atoms with Gasteiger partial charge in [0.2, 0.25) is 5.70 Å². The lowest BCUT2D eigenvalue weighted by Crippen LogP contribution is -2.31. The van der Waals surface area contributed by atoms with Gasteiger partial charge in [0.05, 0.1) is 17.1 Å². The second kappa shape index (κ2) is 6.92. The molecule has 5 nitrogen and oxygen atoms in total. The zero-order valence-electron chi connectivity index (χ0n) is 17.0. The molecule has 0 saturated heterocycles. The maximum atomic E-state index is 4.98. The van der Waals surface area contributed by atoms with Gasteiger partial charge in [-0.3, -0.25) is 0 Å². The van der Waals surface area contributed by atoms with Gasteiger partial charge >= 0.3 is 0 Å². The summed E-state index contributed by atoms with van der Waals surface area (Å²) in [5.41, 5.74) is 9.95. The summed E-state index contributed by atoms with van der Waals surface area (Å²) < 4.78 is 2.12. The third kappa shape index (κ3) is 3.26. The number of allylic oxidation sites excluding steroid dienone is 1. The highest BCUT2D eigenvalue weighted by Gasteiger charge is 2.25. The molecule has 2 aliphatic rings. The number of nitrogens with zero attached hydrogens (tertiary/aromatic N) is 3. The number of pyridine rings is 1. The molecule has 0 spiro atoms. The highest BCUT2D eigenvalue weighted by Crippen LogP contribution is 2.28. The van der Waals surface area contributed by atoms with Gasteiger partial charge in [-0.2, -0.15) is 4.57 Å². The minimum absolute atomic E-state index is 0.899. The van der Waals surface area contributed by atoms with Crippen LogP contribution < -0.4 is 4.57 Å². The van der Waals surface area contributed by atoms with E-state index in [9.17, 15) is 0 Å². The molecule has 4 aromatic rings. The van der Waals surface area contributed by atoms with Crippen LogP contribution in [0.15, 0.2) is 79.1 Å². The number of nitrogens with one attached hydrogen (secondary N) is 2. The Morgan fingerprint density at radius 3 is 1.97 bits per heavy atom. The molecule has 0 atom stereocenters. The van der Waals surface area contributed by atoms with Gasteiger partial charge in [0.15, 0.2) is 12.4 Å². The standard InChI is InChI=1S/C26H20N5/c1-17-24-15-22-9-7-20(28-22)13-18-5-6-19(27-18)14-21-8-10-23(29-21)16-25(30-24)26(17)31-11-3-2-4-12-31/h2-16,27,29H,1H3/q+1. The van der Waals surface area contributed by atoms with Crippen molar-refractivity contribution in [1.29, 1.82) is 0 Å². The van der Waals surface area contributed by atoms with Crippen molar-refractivity contribution in [2.24, 2.45) is 0 Å². The fourth-order valence-electron chi connectivity index (χ4n) is 4.06. The molecule has 0 saturated carbocycles. The average Bonchev–Trinajstić information content (AvgIpc) is 3.55. The Bertz CT molecular complexity index is 1530. The highest BCUT2D eigenvalue weighted by molar-refractivity contribution is 5.88. The molecule has 2 N–H and O–H groups in total. The van der Waals surface area contributed by atoms with Gasteiger partial charge in [0.25, 0.3) is 0 Å². The van der Waals surface area contributed by atoms with Gasteiger partial charge < -0.3 is 9.97 Å². The Morgan fingerprint density at radius 1 is 0.645 bits per heavy atom. The van der Waals surface area contributed by atoms with E-state index in [0.717, 1.165) is 56.1 Å². The van der Waals surface area contributed by atoms with Gasteiger partial charge in [-0.05, 0) is 67.6 Å². The summed E-state index contributed by atoms with van der Waals surface area (Å²) in [6, 6.07) is 22.7. The molecule has 0 unspecified atom stereocenters. The van der Waals surface area contributed by atoms with Crippen LogP contribution in [-0.2, 0) is 0 Å². The van der Waals surface area contributed by atoms with Crippen LogP contribution in [0.25, 0.3) is 45.5 Å². The van der Waals surface area contributed by atoms with Crippen LogP contribution in [0.2, 0.25) is 0 Å². The van der Waals surface area contributed by atoms with Crippen LogP contribution in [0.4, 0.5) is 0 Å². The zero-order chi connectivity index (χ0) is 20.8. The van der Waals surface area contributed by atoms with Gasteiger partial charge in [-0.15, -0.1) is 0 Å². The van der Waals surface area contributed by atoms with Crippen LogP contribution in [0.1, 0.15) is 29.7 Å². The molecule has 0 aromatic carbocycles. The Labute approximate surface area is 179 Å². The molecule has 4 aromatic heterocycles. The average molecular weight is 402 g/mol. The topological polar surface area (TPSA) is 61.2 Å². The summed E-state index contributed by atoms with van der Waals surface area (Å²) in [5, 5.41) is 0. The third-order valence-corrected chi connectivity index (χ3v) is 5.53. The van der Waals surface area contributed by atoms with E-state index in [0.29, 0.717) is 0 Å². The van der Waals surface area contributed by atoms with Crippen LogP contribution in [-0.4, -0.2) is 19.9 Å². The number of aromatic nitrogens is 5. The van der Waals surface area contributed by atoms with Crippen LogP contribution in [0, 0.1) is 0 Å². The fourth-order valence-corrected chi connectivity index (χ4v) is 4.06. The molecule has 6 heterocycles. The van der Waals surface area contributed by atoms with E-state index in [1.165, 1.54) is 0 Å². The maximum Gasteiger partial charge on any atom is 0.241 e. The number of rotatable bonds is 1. The first-order chi connectivity index (χ1) is 15.2. The van der Waals surface area contributed by atoms with Crippen LogP contribution in [0.3, 0.4) is 0 Å². The highest BCUT2D eigenvalue weighted by atomic mass is 15.0. The fraction of sp³-hybridized carbons (Fsp3) is 0.0385. The van der Waals surface area contributed by atoms with E-state index in [2.05, 4.69) is 82.4 Å². The van der Waals surface area contributed by atoms with Gasteiger partial charge in [-0.25, -0.2) is 9.97 Å². The minimum atomic E-state index is 0.899. The maximum absolute atomic E-state index is 4.98. The molecule has 0 amide bonds. The van der Waals surface area contributed by atoms with Crippen molar-refractivity contribution < 1.29 is 4.57 Å². The number of hydrogen-bond donors (Lipinski definition) is 2.